The fourth-order valence-corrected chi connectivity index (χ4v) is 5.20. The average Bonchev–Trinajstić information content (AvgIpc) is 3.02. The Morgan fingerprint density at radius 2 is 1.56 bits per heavy atom. The van der Waals surface area contributed by atoms with Crippen molar-refractivity contribution >= 4 is 11.0 Å². The number of rotatable bonds is 8. The fourth-order valence-electron chi connectivity index (χ4n) is 5.20. The molecule has 5 rings (SSSR count). The Kier molecular flexibility index (Phi) is 9.41. The van der Waals surface area contributed by atoms with Gasteiger partial charge in [0.2, 0.25) is 17.5 Å². The molecule has 3 heterocycles. The molecule has 2 aromatic carbocycles. The van der Waals surface area contributed by atoms with E-state index >= 15 is 0 Å². The highest BCUT2D eigenvalue weighted by molar-refractivity contribution is 5.88. The number of methoxy groups -OCH3 is 2. The molecule has 2 aliphatic rings. The second-order valence-electron chi connectivity index (χ2n) is 10.6. The summed E-state index contributed by atoms with van der Waals surface area (Å²) < 4.78 is 39.1. The number of aliphatic hydroxyl groups excluding tert-OH is 6. The van der Waals surface area contributed by atoms with Crippen LogP contribution in [0.4, 0.5) is 0 Å². The van der Waals surface area contributed by atoms with Crippen LogP contribution < -0.4 is 19.6 Å². The van der Waals surface area contributed by atoms with Crippen LogP contribution in [0.2, 0.25) is 0 Å². The molecule has 2 aliphatic heterocycles. The number of aromatic hydroxyl groups is 2. The first-order chi connectivity index (χ1) is 21.4. The number of phenolic OH excluding ortho intramolecular Hbond substituents is 2. The topological polar surface area (TPSA) is 247 Å². The van der Waals surface area contributed by atoms with Crippen LogP contribution in [0.5, 0.6) is 28.7 Å². The van der Waals surface area contributed by atoms with Crippen LogP contribution in [0.15, 0.2) is 39.5 Å². The van der Waals surface area contributed by atoms with Crippen molar-refractivity contribution in [2.75, 3.05) is 20.8 Å². The number of benzene rings is 2. The van der Waals surface area contributed by atoms with E-state index in [9.17, 15) is 45.6 Å². The largest absolute Gasteiger partial charge is 0.507 e. The molecule has 0 spiro atoms. The molecular weight excluding hydrogens is 604 g/mol. The van der Waals surface area contributed by atoms with E-state index in [4.69, 9.17) is 32.8 Å². The summed E-state index contributed by atoms with van der Waals surface area (Å²) in [7, 11) is 2.67. The van der Waals surface area contributed by atoms with Crippen LogP contribution in [0, 0.1) is 0 Å². The van der Waals surface area contributed by atoms with Gasteiger partial charge in [0.1, 0.15) is 59.1 Å². The summed E-state index contributed by atoms with van der Waals surface area (Å²) in [6.07, 6.45) is -16.4. The lowest BCUT2D eigenvalue weighted by Gasteiger charge is -2.45. The summed E-state index contributed by atoms with van der Waals surface area (Å²) in [6, 6.07) is 6.52. The van der Waals surface area contributed by atoms with Crippen molar-refractivity contribution in [3.05, 3.63) is 40.6 Å². The highest BCUT2D eigenvalue weighted by Crippen LogP contribution is 2.40. The minimum Gasteiger partial charge on any atom is -0.507 e. The fraction of sp³-hybridized carbons (Fsp3) is 0.483. The van der Waals surface area contributed by atoms with Gasteiger partial charge in [-0.05, 0) is 25.1 Å². The Morgan fingerprint density at radius 3 is 2.20 bits per heavy atom. The molecule has 10 atom stereocenters. The molecule has 2 fully saturated rings. The Morgan fingerprint density at radius 1 is 0.822 bits per heavy atom. The molecular formula is C29H34O16. The maximum Gasteiger partial charge on any atom is 0.239 e. The lowest BCUT2D eigenvalue weighted by atomic mass is 9.97. The molecule has 0 radical (unpaired) electrons. The van der Waals surface area contributed by atoms with Crippen LogP contribution in [0.25, 0.3) is 22.3 Å². The quantitative estimate of drug-likeness (QED) is 0.146. The summed E-state index contributed by atoms with van der Waals surface area (Å²) >= 11 is 0. The molecule has 8 N–H and O–H groups in total. The van der Waals surface area contributed by atoms with E-state index in [2.05, 4.69) is 0 Å². The van der Waals surface area contributed by atoms with Gasteiger partial charge in [-0.1, -0.05) is 0 Å². The van der Waals surface area contributed by atoms with E-state index in [1.807, 2.05) is 0 Å². The van der Waals surface area contributed by atoms with E-state index < -0.39 is 84.9 Å². The predicted octanol–water partition coefficient (Wildman–Crippen LogP) is -1.08. The smallest absolute Gasteiger partial charge is 0.239 e. The van der Waals surface area contributed by atoms with Crippen molar-refractivity contribution in [2.24, 2.45) is 0 Å². The van der Waals surface area contributed by atoms with Gasteiger partial charge in [-0.25, -0.2) is 0 Å². The van der Waals surface area contributed by atoms with Crippen molar-refractivity contribution in [3.63, 3.8) is 0 Å². The Bertz CT molecular complexity index is 1570. The molecule has 16 heteroatoms. The number of aliphatic hydroxyl groups is 6. The van der Waals surface area contributed by atoms with Crippen LogP contribution >= 0.6 is 0 Å². The first-order valence-electron chi connectivity index (χ1n) is 13.8. The first-order valence-corrected chi connectivity index (χ1v) is 13.8. The van der Waals surface area contributed by atoms with Crippen molar-refractivity contribution < 1.29 is 73.7 Å². The van der Waals surface area contributed by atoms with Gasteiger partial charge in [0, 0.05) is 17.7 Å². The number of ether oxygens (including phenoxy) is 6. The molecule has 0 saturated carbocycles. The first kappa shape index (κ1) is 32.7. The van der Waals surface area contributed by atoms with E-state index in [1.54, 1.807) is 0 Å². The normalized spacial score (nSPS) is 31.9. The Labute approximate surface area is 254 Å². The van der Waals surface area contributed by atoms with Crippen LogP contribution in [0.1, 0.15) is 6.92 Å². The van der Waals surface area contributed by atoms with E-state index in [1.165, 1.54) is 45.4 Å². The zero-order valence-electron chi connectivity index (χ0n) is 24.2. The van der Waals surface area contributed by atoms with Gasteiger partial charge < -0.3 is 73.7 Å². The minimum atomic E-state index is -1.88. The highest BCUT2D eigenvalue weighted by Gasteiger charge is 2.51. The van der Waals surface area contributed by atoms with E-state index in [0.29, 0.717) is 0 Å². The molecule has 16 nitrogen and oxygen atoms in total. The van der Waals surface area contributed by atoms with Crippen LogP contribution in [0.3, 0.4) is 0 Å². The maximum atomic E-state index is 13.9. The van der Waals surface area contributed by atoms with Crippen molar-refractivity contribution in [2.45, 2.75) is 68.3 Å². The van der Waals surface area contributed by atoms with Crippen molar-refractivity contribution in [3.8, 4) is 40.1 Å². The van der Waals surface area contributed by atoms with Crippen molar-refractivity contribution in [1.29, 1.82) is 0 Å². The third kappa shape index (κ3) is 5.99. The molecule has 0 bridgehead atoms. The molecule has 0 unspecified atom stereocenters. The molecule has 45 heavy (non-hydrogen) atoms. The Hall–Kier alpha value is -3.71. The number of phenols is 2. The predicted molar refractivity (Wildman–Crippen MR) is 150 cm³/mol. The molecule has 3 aromatic rings. The van der Waals surface area contributed by atoms with Crippen LogP contribution in [-0.4, -0.2) is 123 Å². The maximum absolute atomic E-state index is 13.9. The number of hydrogen-bond donors (Lipinski definition) is 8. The molecule has 0 aliphatic carbocycles. The van der Waals surface area contributed by atoms with Gasteiger partial charge in [0.15, 0.2) is 29.7 Å². The second kappa shape index (κ2) is 13.0. The Balaban J connectivity index is 1.63. The molecule has 0 amide bonds. The lowest BCUT2D eigenvalue weighted by molar-refractivity contribution is -0.354. The highest BCUT2D eigenvalue weighted by atomic mass is 16.8. The van der Waals surface area contributed by atoms with E-state index in [0.717, 1.165) is 6.07 Å². The van der Waals surface area contributed by atoms with E-state index in [-0.39, 0.29) is 39.5 Å². The monoisotopic (exact) mass is 638 g/mol. The van der Waals surface area contributed by atoms with Gasteiger partial charge >= 0.3 is 0 Å². The summed E-state index contributed by atoms with van der Waals surface area (Å²) in [4.78, 5) is 13.9. The lowest BCUT2D eigenvalue weighted by Crippen LogP contribution is -2.64. The van der Waals surface area contributed by atoms with Gasteiger partial charge in [0.25, 0.3) is 0 Å². The summed E-state index contributed by atoms with van der Waals surface area (Å²) in [5.74, 6) is -1.51. The zero-order valence-corrected chi connectivity index (χ0v) is 24.2. The molecule has 246 valence electrons. The number of fused-ring (bicyclic) bond motifs is 1. The average molecular weight is 639 g/mol. The van der Waals surface area contributed by atoms with Gasteiger partial charge in [-0.2, -0.15) is 0 Å². The number of hydrogen-bond acceptors (Lipinski definition) is 16. The van der Waals surface area contributed by atoms with Gasteiger partial charge in [0.05, 0.1) is 26.9 Å². The summed E-state index contributed by atoms with van der Waals surface area (Å²) in [6.45, 7) is 0.592. The van der Waals surface area contributed by atoms with Gasteiger partial charge in [-0.15, -0.1) is 0 Å². The molecule has 2 saturated heterocycles. The standard InChI is InChI=1S/C29H34O16/c1-10-19(33)22(36)24(38)28(41-10)45-27-23(37)20(34)17(9-30)43-29(27)44-26-21(35)18-14(32)7-12(39-2)8-16(18)42-25(26)11-4-5-15(40-3)13(31)6-11/h4-8,10,17,19-20,22-24,27-34,36-38H,9H2,1-3H3/t10-,17+,19-,20-,22+,23+,24-,27+,28-,29-/m0/s1. The third-order valence-corrected chi connectivity index (χ3v) is 7.74. The third-order valence-electron chi connectivity index (χ3n) is 7.74. The minimum absolute atomic E-state index is 0.0918. The zero-order chi connectivity index (χ0) is 32.7. The summed E-state index contributed by atoms with van der Waals surface area (Å²) in [5.41, 5.74) is -0.976. The van der Waals surface area contributed by atoms with Crippen LogP contribution in [-0.2, 0) is 14.2 Å². The van der Waals surface area contributed by atoms with Gasteiger partial charge in [-0.3, -0.25) is 4.79 Å². The summed E-state index contributed by atoms with van der Waals surface area (Å²) in [5, 5.41) is 83.1. The SMILES string of the molecule is COc1cc(O)c2c(=O)c(O[C@@H]3O[C@H](CO)[C@H](O)[C@@H](O)[C@H]3O[C@@H]3O[C@@H](C)[C@H](O)[C@@H](O)[C@@H]3O)c(-c3ccc(OC)c(O)c3)oc2c1. The van der Waals surface area contributed by atoms with Crippen molar-refractivity contribution in [1.82, 2.24) is 0 Å². The molecule has 1 aromatic heterocycles. The second-order valence-corrected chi connectivity index (χ2v) is 10.6.